The van der Waals surface area contributed by atoms with E-state index in [1.165, 1.54) is 12.8 Å². The maximum atomic E-state index is 5.82. The third kappa shape index (κ3) is 5.48. The van der Waals surface area contributed by atoms with Crippen LogP contribution in [0.4, 0.5) is 5.69 Å². The van der Waals surface area contributed by atoms with Gasteiger partial charge in [-0.05, 0) is 49.4 Å². The molecule has 0 bridgehead atoms. The van der Waals surface area contributed by atoms with Gasteiger partial charge in [0.2, 0.25) is 0 Å². The maximum absolute atomic E-state index is 5.82. The highest BCUT2D eigenvalue weighted by Crippen LogP contribution is 2.28. The molecular weight excluding hydrogens is 254 g/mol. The second kappa shape index (κ2) is 7.75. The molecule has 5 heteroatoms. The molecule has 3 N–H and O–H groups in total. The Labute approximate surface area is 120 Å². The summed E-state index contributed by atoms with van der Waals surface area (Å²) >= 11 is 0. The second-order valence-corrected chi connectivity index (χ2v) is 4.99. The fraction of sp³-hybridized carbons (Fsp3) is 0.533. The molecule has 20 heavy (non-hydrogen) atoms. The van der Waals surface area contributed by atoms with Gasteiger partial charge in [-0.2, -0.15) is 0 Å². The van der Waals surface area contributed by atoms with Crippen molar-refractivity contribution in [2.24, 2.45) is 16.6 Å². The van der Waals surface area contributed by atoms with Crippen LogP contribution in [-0.4, -0.2) is 32.8 Å². The summed E-state index contributed by atoms with van der Waals surface area (Å²) in [6.07, 6.45) is 3.56. The number of benzene rings is 1. The molecule has 0 unspecified atom stereocenters. The van der Waals surface area contributed by atoms with Crippen LogP contribution in [-0.2, 0) is 4.74 Å². The quantitative estimate of drug-likeness (QED) is 0.434. The van der Waals surface area contributed by atoms with Crippen molar-refractivity contribution < 1.29 is 9.47 Å². The van der Waals surface area contributed by atoms with E-state index in [0.29, 0.717) is 12.5 Å². The normalized spacial score (nSPS) is 15.2. The Morgan fingerprint density at radius 2 is 2.10 bits per heavy atom. The molecule has 0 heterocycles. The average Bonchev–Trinajstić information content (AvgIpc) is 3.27. The molecule has 110 valence electrons. The van der Waals surface area contributed by atoms with E-state index in [-0.39, 0.29) is 0 Å². The predicted octanol–water partition coefficient (Wildman–Crippen LogP) is 2.24. The first-order chi connectivity index (χ1) is 9.78. The van der Waals surface area contributed by atoms with Crippen molar-refractivity contribution in [3.8, 4) is 5.75 Å². The minimum atomic E-state index is 0.428. The van der Waals surface area contributed by atoms with Crippen LogP contribution in [0.3, 0.4) is 0 Å². The summed E-state index contributed by atoms with van der Waals surface area (Å²) in [5.74, 6) is 2.07. The Bertz CT molecular complexity index is 427. The highest BCUT2D eigenvalue weighted by atomic mass is 16.5. The average molecular weight is 277 g/mol. The van der Waals surface area contributed by atoms with Crippen LogP contribution in [0.25, 0.3) is 0 Å². The Morgan fingerprint density at radius 3 is 2.75 bits per heavy atom. The van der Waals surface area contributed by atoms with E-state index in [1.54, 1.807) is 7.11 Å². The Balaban J connectivity index is 1.61. The molecule has 0 spiro atoms. The number of hydrogen-bond acceptors (Lipinski definition) is 3. The van der Waals surface area contributed by atoms with Gasteiger partial charge in [-0.3, -0.25) is 4.99 Å². The highest BCUT2D eigenvalue weighted by Gasteiger charge is 2.20. The molecule has 0 atom stereocenters. The van der Waals surface area contributed by atoms with Gasteiger partial charge in [-0.25, -0.2) is 0 Å². The summed E-state index contributed by atoms with van der Waals surface area (Å²) in [5.41, 5.74) is 6.72. The van der Waals surface area contributed by atoms with Crippen molar-refractivity contribution in [1.29, 1.82) is 0 Å². The number of aliphatic imine (C=N–C) groups is 1. The lowest BCUT2D eigenvalue weighted by Gasteiger charge is -2.06. The monoisotopic (exact) mass is 277 g/mol. The summed E-state index contributed by atoms with van der Waals surface area (Å²) in [6, 6.07) is 7.56. The first kappa shape index (κ1) is 14.7. The summed E-state index contributed by atoms with van der Waals surface area (Å²) in [4.78, 5) is 4.27. The Hall–Kier alpha value is -1.75. The minimum Gasteiger partial charge on any atom is -0.497 e. The number of methoxy groups -OCH3 is 1. The van der Waals surface area contributed by atoms with Crippen molar-refractivity contribution >= 4 is 11.6 Å². The molecule has 1 aromatic rings. The lowest BCUT2D eigenvalue weighted by Crippen LogP contribution is -2.23. The Kier molecular flexibility index (Phi) is 5.68. The van der Waals surface area contributed by atoms with Crippen molar-refractivity contribution in [3.63, 3.8) is 0 Å². The highest BCUT2D eigenvalue weighted by molar-refractivity contribution is 5.92. The summed E-state index contributed by atoms with van der Waals surface area (Å²) in [5, 5.41) is 3.04. The van der Waals surface area contributed by atoms with E-state index in [9.17, 15) is 0 Å². The zero-order chi connectivity index (χ0) is 14.2. The molecule has 1 aliphatic carbocycles. The molecule has 1 fully saturated rings. The van der Waals surface area contributed by atoms with Crippen LogP contribution in [0.5, 0.6) is 5.75 Å². The number of guanidine groups is 1. The van der Waals surface area contributed by atoms with Crippen molar-refractivity contribution in [3.05, 3.63) is 24.3 Å². The SMILES string of the molecule is COc1ccc(NC(N)=NCCCOCC2CC2)cc1. The van der Waals surface area contributed by atoms with Gasteiger partial charge in [0, 0.05) is 25.4 Å². The fourth-order valence-corrected chi connectivity index (χ4v) is 1.76. The van der Waals surface area contributed by atoms with Gasteiger partial charge < -0.3 is 20.5 Å². The van der Waals surface area contributed by atoms with Crippen molar-refractivity contribution in [2.45, 2.75) is 19.3 Å². The number of hydrogen-bond donors (Lipinski definition) is 2. The zero-order valence-corrected chi connectivity index (χ0v) is 12.0. The molecule has 5 nitrogen and oxygen atoms in total. The van der Waals surface area contributed by atoms with Gasteiger partial charge in [0.15, 0.2) is 5.96 Å². The molecular formula is C15H23N3O2. The molecule has 0 aromatic heterocycles. The van der Waals surface area contributed by atoms with E-state index >= 15 is 0 Å². The largest absolute Gasteiger partial charge is 0.497 e. The first-order valence-electron chi connectivity index (χ1n) is 7.06. The van der Waals surface area contributed by atoms with Crippen LogP contribution in [0.2, 0.25) is 0 Å². The maximum Gasteiger partial charge on any atom is 0.193 e. The van der Waals surface area contributed by atoms with E-state index < -0.39 is 0 Å². The van der Waals surface area contributed by atoms with Crippen LogP contribution in [0.15, 0.2) is 29.3 Å². The van der Waals surface area contributed by atoms with Crippen molar-refractivity contribution in [1.82, 2.24) is 0 Å². The smallest absolute Gasteiger partial charge is 0.193 e. The van der Waals surface area contributed by atoms with Gasteiger partial charge in [0.25, 0.3) is 0 Å². The lowest BCUT2D eigenvalue weighted by molar-refractivity contribution is 0.123. The Morgan fingerprint density at radius 1 is 1.35 bits per heavy atom. The molecule has 1 aromatic carbocycles. The number of anilines is 1. The van der Waals surface area contributed by atoms with Gasteiger partial charge in [0.1, 0.15) is 5.75 Å². The second-order valence-electron chi connectivity index (χ2n) is 4.99. The van der Waals surface area contributed by atoms with Crippen molar-refractivity contribution in [2.75, 3.05) is 32.2 Å². The van der Waals surface area contributed by atoms with E-state index in [2.05, 4.69) is 10.3 Å². The molecule has 0 saturated heterocycles. The number of nitrogens with two attached hydrogens (primary N) is 1. The van der Waals surface area contributed by atoms with Crippen LogP contribution < -0.4 is 15.8 Å². The first-order valence-corrected chi connectivity index (χ1v) is 7.06. The van der Waals surface area contributed by atoms with Gasteiger partial charge >= 0.3 is 0 Å². The zero-order valence-electron chi connectivity index (χ0n) is 12.0. The van der Waals surface area contributed by atoms with Crippen LogP contribution >= 0.6 is 0 Å². The topological polar surface area (TPSA) is 68.9 Å². The van der Waals surface area contributed by atoms with Crippen LogP contribution in [0, 0.1) is 5.92 Å². The molecule has 1 saturated carbocycles. The summed E-state index contributed by atoms with van der Waals surface area (Å²) in [7, 11) is 1.64. The number of nitrogens with zero attached hydrogens (tertiary/aromatic N) is 1. The number of rotatable bonds is 8. The molecule has 1 aliphatic rings. The van der Waals surface area contributed by atoms with E-state index in [1.807, 2.05) is 24.3 Å². The molecule has 0 amide bonds. The predicted molar refractivity (Wildman–Crippen MR) is 81.3 cm³/mol. The number of ether oxygens (including phenoxy) is 2. The van der Waals surface area contributed by atoms with E-state index in [4.69, 9.17) is 15.2 Å². The molecule has 0 aliphatic heterocycles. The summed E-state index contributed by atoms with van der Waals surface area (Å²) < 4.78 is 10.6. The third-order valence-electron chi connectivity index (χ3n) is 3.14. The number of nitrogens with one attached hydrogen (secondary N) is 1. The van der Waals surface area contributed by atoms with Gasteiger partial charge in [0.05, 0.1) is 7.11 Å². The molecule has 2 rings (SSSR count). The third-order valence-corrected chi connectivity index (χ3v) is 3.14. The standard InChI is InChI=1S/C15H23N3O2/c1-19-14-7-5-13(6-8-14)18-15(16)17-9-2-10-20-11-12-3-4-12/h5-8,12H,2-4,9-11H2,1H3,(H3,16,17,18). The minimum absolute atomic E-state index is 0.428. The lowest BCUT2D eigenvalue weighted by atomic mass is 10.3. The van der Waals surface area contributed by atoms with E-state index in [0.717, 1.165) is 37.0 Å². The van der Waals surface area contributed by atoms with Crippen LogP contribution in [0.1, 0.15) is 19.3 Å². The fourth-order valence-electron chi connectivity index (χ4n) is 1.76. The summed E-state index contributed by atoms with van der Waals surface area (Å²) in [6.45, 7) is 2.35. The van der Waals surface area contributed by atoms with Gasteiger partial charge in [-0.1, -0.05) is 0 Å². The molecule has 0 radical (unpaired) electrons. The van der Waals surface area contributed by atoms with Gasteiger partial charge in [-0.15, -0.1) is 0 Å².